The van der Waals surface area contributed by atoms with E-state index in [-0.39, 0.29) is 6.17 Å². The Labute approximate surface area is 303 Å². The predicted molar refractivity (Wildman–Crippen MR) is 218 cm³/mol. The van der Waals surface area contributed by atoms with E-state index < -0.39 is 4.25 Å². The summed E-state index contributed by atoms with van der Waals surface area (Å²) in [6, 6.07) is 52.0. The molecule has 0 aliphatic carbocycles. The first-order valence-corrected chi connectivity index (χ1v) is 22.3. The average Bonchev–Trinajstić information content (AvgIpc) is 3.16. The van der Waals surface area contributed by atoms with Gasteiger partial charge < -0.3 is 11.1 Å². The summed E-state index contributed by atoms with van der Waals surface area (Å²) in [7, 11) is 0. The van der Waals surface area contributed by atoms with Gasteiger partial charge in [0.25, 0.3) is 0 Å². The minimum Gasteiger partial charge on any atom is -0.330 e. The average molecular weight is 782 g/mol. The Morgan fingerprint density at radius 1 is 0.673 bits per heavy atom. The molecule has 6 nitrogen and oxygen atoms in total. The van der Waals surface area contributed by atoms with Crippen LogP contribution in [0.4, 0.5) is 0 Å². The predicted octanol–water partition coefficient (Wildman–Crippen LogP) is 7.61. The Morgan fingerprint density at radius 3 is 1.78 bits per heavy atom. The summed E-state index contributed by atoms with van der Waals surface area (Å²) in [6.07, 6.45) is 6.13. The molecule has 0 fully saturated rings. The summed E-state index contributed by atoms with van der Waals surface area (Å²) in [6.45, 7) is 1.35. The van der Waals surface area contributed by atoms with Gasteiger partial charge in [0.05, 0.1) is 0 Å². The molecular formula is C41H45IN5OP. The Kier molecular flexibility index (Phi) is 11.6. The molecule has 5 aromatic carbocycles. The van der Waals surface area contributed by atoms with Gasteiger partial charge in [-0.1, -0.05) is 30.3 Å². The van der Waals surface area contributed by atoms with E-state index in [0.717, 1.165) is 49.6 Å². The fraction of sp³-hybridized carbons (Fsp3) is 0.220. The maximum atomic E-state index is 6.15. The van der Waals surface area contributed by atoms with Crippen LogP contribution >= 0.6 is 26.3 Å². The van der Waals surface area contributed by atoms with Gasteiger partial charge in [-0.2, -0.15) is 0 Å². The molecule has 0 radical (unpaired) electrons. The van der Waals surface area contributed by atoms with Gasteiger partial charge in [-0.3, -0.25) is 10.3 Å². The van der Waals surface area contributed by atoms with Crippen LogP contribution in [0.3, 0.4) is 0 Å². The first-order chi connectivity index (χ1) is 24.0. The monoisotopic (exact) mass is 781 g/mol. The van der Waals surface area contributed by atoms with Crippen molar-refractivity contribution in [2.45, 2.75) is 38.3 Å². The number of nitrogens with one attached hydrogen (secondary N) is 2. The van der Waals surface area contributed by atoms with Crippen molar-refractivity contribution in [1.82, 2.24) is 10.6 Å². The molecule has 1 aliphatic heterocycles. The first-order valence-electron chi connectivity index (χ1n) is 17.1. The molecule has 1 heterocycles. The van der Waals surface area contributed by atoms with E-state index in [1.54, 1.807) is 0 Å². The van der Waals surface area contributed by atoms with Crippen molar-refractivity contribution in [3.05, 3.63) is 157 Å². The van der Waals surface area contributed by atoms with Crippen LogP contribution in [0, 0.1) is 0 Å². The number of benzene rings is 5. The van der Waals surface area contributed by atoms with Gasteiger partial charge in [0.1, 0.15) is 0 Å². The van der Waals surface area contributed by atoms with Gasteiger partial charge in [-0.25, -0.2) is 4.99 Å². The SMILES string of the molecule is NC1=NC(c2ccc(OCCCCCCP(I)(c3ccccc3)(c3ccccc3)c3ccccc3)cc2)NC(=NCCc2ccccc2)N1. The topological polar surface area (TPSA) is 84.0 Å². The molecule has 5 aromatic rings. The van der Waals surface area contributed by atoms with Crippen LogP contribution < -0.4 is 37.0 Å². The summed E-state index contributed by atoms with van der Waals surface area (Å²) in [5, 5.41) is 10.7. The third kappa shape index (κ3) is 8.34. The first kappa shape index (κ1) is 34.7. The van der Waals surface area contributed by atoms with Crippen molar-refractivity contribution in [2.75, 3.05) is 19.3 Å². The minimum absolute atomic E-state index is 0.301. The molecule has 49 heavy (non-hydrogen) atoms. The maximum Gasteiger partial charge on any atom is 0.200 e. The Bertz CT molecular complexity index is 1720. The van der Waals surface area contributed by atoms with Crippen molar-refractivity contribution in [1.29, 1.82) is 0 Å². The molecule has 0 spiro atoms. The van der Waals surface area contributed by atoms with Crippen LogP contribution in [0.15, 0.2) is 156 Å². The van der Waals surface area contributed by atoms with Gasteiger partial charge in [-0.15, -0.1) is 0 Å². The minimum atomic E-state index is -2.71. The van der Waals surface area contributed by atoms with Crippen molar-refractivity contribution in [3.8, 4) is 5.75 Å². The third-order valence-corrected chi connectivity index (χ3v) is 20.9. The largest absolute Gasteiger partial charge is 0.330 e. The molecular weight excluding hydrogens is 736 g/mol. The van der Waals surface area contributed by atoms with Crippen molar-refractivity contribution in [2.24, 2.45) is 15.7 Å². The fourth-order valence-corrected chi connectivity index (χ4v) is 15.3. The number of nitrogens with two attached hydrogens (primary N) is 1. The standard InChI is InChI=1S/C41H45IN5OP/c42-49(36-19-9-4-10-20-36,37-21-11-5-12-22-37,38-23-13-6-14-24-38)32-16-2-1-15-31-48-35-27-25-34(26-28-35)39-45-40(43)47-41(46-39)44-30-29-33-17-7-3-8-18-33/h3-14,17-28,39H,1-2,15-16,29-32H2,(H4,43,44,45,46,47). The van der Waals surface area contributed by atoms with E-state index >= 15 is 0 Å². The molecule has 4 N–H and O–H groups in total. The zero-order chi connectivity index (χ0) is 33.8. The number of aliphatic imine (C=N–C) groups is 2. The smallest absolute Gasteiger partial charge is 0.200 e. The van der Waals surface area contributed by atoms with E-state index in [0.29, 0.717) is 25.1 Å². The maximum absolute atomic E-state index is 6.15. The van der Waals surface area contributed by atoms with Crippen molar-refractivity contribution >= 4 is 54.1 Å². The fourth-order valence-electron chi connectivity index (χ4n) is 6.53. The number of ether oxygens (including phenoxy) is 1. The van der Waals surface area contributed by atoms with E-state index in [2.05, 4.69) is 146 Å². The molecule has 252 valence electrons. The number of guanidine groups is 2. The Balaban J connectivity index is 1.01. The summed E-state index contributed by atoms with van der Waals surface area (Å²) in [5.41, 5.74) is 8.35. The van der Waals surface area contributed by atoms with Gasteiger partial charge in [0.2, 0.25) is 0 Å². The normalized spacial score (nSPS) is 16.1. The van der Waals surface area contributed by atoms with Crippen LogP contribution in [-0.2, 0) is 6.42 Å². The molecule has 0 saturated heterocycles. The van der Waals surface area contributed by atoms with E-state index in [9.17, 15) is 0 Å². The molecule has 0 bridgehead atoms. The number of rotatable bonds is 15. The number of halogens is 1. The zero-order valence-corrected chi connectivity index (χ0v) is 30.8. The van der Waals surface area contributed by atoms with Gasteiger partial charge in [-0.05, 0) is 12.0 Å². The van der Waals surface area contributed by atoms with E-state index in [1.807, 2.05) is 42.5 Å². The second-order valence-corrected chi connectivity index (χ2v) is 23.1. The van der Waals surface area contributed by atoms with Crippen LogP contribution in [0.1, 0.15) is 43.0 Å². The number of hydrogen-bond acceptors (Lipinski definition) is 4. The van der Waals surface area contributed by atoms with Gasteiger partial charge in [0.15, 0.2) is 11.9 Å². The number of unbranched alkanes of at least 4 members (excludes halogenated alkanes) is 3. The molecule has 1 atom stereocenters. The van der Waals surface area contributed by atoms with Gasteiger partial charge in [0, 0.05) is 6.54 Å². The van der Waals surface area contributed by atoms with Crippen LogP contribution in [0.5, 0.6) is 5.75 Å². The summed E-state index contributed by atoms with van der Waals surface area (Å²) >= 11 is 2.89. The van der Waals surface area contributed by atoms with E-state index in [1.165, 1.54) is 21.5 Å². The van der Waals surface area contributed by atoms with Crippen LogP contribution in [0.25, 0.3) is 0 Å². The summed E-state index contributed by atoms with van der Waals surface area (Å²) in [4.78, 5) is 9.20. The quantitative estimate of drug-likeness (QED) is 0.0581. The molecule has 8 heteroatoms. The molecule has 1 unspecified atom stereocenters. The second kappa shape index (κ2) is 16.5. The Morgan fingerprint density at radius 2 is 1.20 bits per heavy atom. The van der Waals surface area contributed by atoms with Gasteiger partial charge >= 0.3 is 218 Å². The summed E-state index contributed by atoms with van der Waals surface area (Å²) < 4.78 is 3.44. The van der Waals surface area contributed by atoms with E-state index in [4.69, 9.17) is 10.5 Å². The summed E-state index contributed by atoms with van der Waals surface area (Å²) in [5.74, 6) is 1.85. The number of hydrogen-bond donors (Lipinski definition) is 3. The molecule has 0 amide bonds. The molecule has 1 aliphatic rings. The zero-order valence-electron chi connectivity index (χ0n) is 27.8. The molecule has 0 aromatic heterocycles. The van der Waals surface area contributed by atoms with Crippen molar-refractivity contribution < 1.29 is 4.74 Å². The van der Waals surface area contributed by atoms with Crippen LogP contribution in [-0.4, -0.2) is 31.2 Å². The Hall–Kier alpha value is -4.20. The second-order valence-electron chi connectivity index (χ2n) is 12.4. The number of nitrogens with zero attached hydrogens (tertiary/aromatic N) is 2. The van der Waals surface area contributed by atoms with Crippen molar-refractivity contribution in [3.63, 3.8) is 0 Å². The third-order valence-electron chi connectivity index (χ3n) is 9.12. The molecule has 0 saturated carbocycles. The molecule has 6 rings (SSSR count). The van der Waals surface area contributed by atoms with Crippen LogP contribution in [0.2, 0.25) is 0 Å².